The van der Waals surface area contributed by atoms with Gasteiger partial charge in [0.1, 0.15) is 0 Å². The topological polar surface area (TPSA) is 60.9 Å². The van der Waals surface area contributed by atoms with Crippen LogP contribution in [0, 0.1) is 17.3 Å². The predicted octanol–water partition coefficient (Wildman–Crippen LogP) is 3.39. The SMILES string of the molecule is O=C(O)C1CN(Cc2ccccc2)CC12CCN(C(=O)C1CCCCC1)CC2. The lowest BCUT2D eigenvalue weighted by Gasteiger charge is -2.42. The van der Waals surface area contributed by atoms with Gasteiger partial charge in [-0.05, 0) is 31.2 Å². The van der Waals surface area contributed by atoms with Gasteiger partial charge >= 0.3 is 5.97 Å². The third kappa shape index (κ3) is 3.95. The second-order valence-electron chi connectivity index (χ2n) is 9.07. The number of nitrogens with zero attached hydrogens (tertiary/aromatic N) is 2. The number of rotatable bonds is 4. The van der Waals surface area contributed by atoms with Gasteiger partial charge in [0, 0.05) is 44.1 Å². The number of likely N-dealkylation sites (tertiary alicyclic amines) is 2. The second kappa shape index (κ2) is 8.24. The van der Waals surface area contributed by atoms with Gasteiger partial charge in [-0.3, -0.25) is 14.5 Å². The molecule has 3 aliphatic rings. The zero-order valence-electron chi connectivity index (χ0n) is 16.7. The molecule has 0 bridgehead atoms. The Morgan fingerprint density at radius 2 is 1.71 bits per heavy atom. The van der Waals surface area contributed by atoms with Crippen LogP contribution in [0.5, 0.6) is 0 Å². The van der Waals surface area contributed by atoms with Gasteiger partial charge in [0.05, 0.1) is 5.92 Å². The Hall–Kier alpha value is -1.88. The van der Waals surface area contributed by atoms with Crippen molar-refractivity contribution in [2.24, 2.45) is 17.3 Å². The summed E-state index contributed by atoms with van der Waals surface area (Å²) in [5.41, 5.74) is 1.04. The van der Waals surface area contributed by atoms with E-state index in [1.165, 1.54) is 24.8 Å². The molecule has 1 saturated carbocycles. The summed E-state index contributed by atoms with van der Waals surface area (Å²) in [4.78, 5) is 29.2. The number of piperidine rings is 1. The van der Waals surface area contributed by atoms with E-state index in [1.807, 2.05) is 23.1 Å². The highest BCUT2D eigenvalue weighted by Crippen LogP contribution is 2.45. The van der Waals surface area contributed by atoms with Crippen LogP contribution in [0.2, 0.25) is 0 Å². The van der Waals surface area contributed by atoms with Crippen LogP contribution >= 0.6 is 0 Å². The molecule has 0 aromatic heterocycles. The summed E-state index contributed by atoms with van der Waals surface area (Å²) >= 11 is 0. The Morgan fingerprint density at radius 3 is 2.36 bits per heavy atom. The van der Waals surface area contributed by atoms with Crippen molar-refractivity contribution in [2.75, 3.05) is 26.2 Å². The minimum atomic E-state index is -0.678. The molecule has 1 amide bonds. The van der Waals surface area contributed by atoms with Crippen molar-refractivity contribution in [3.05, 3.63) is 35.9 Å². The average Bonchev–Trinajstić information content (AvgIpc) is 3.07. The quantitative estimate of drug-likeness (QED) is 0.864. The van der Waals surface area contributed by atoms with Crippen molar-refractivity contribution in [2.45, 2.75) is 51.5 Å². The molecule has 0 radical (unpaired) electrons. The summed E-state index contributed by atoms with van der Waals surface area (Å²) in [5, 5.41) is 9.89. The summed E-state index contributed by atoms with van der Waals surface area (Å²) in [7, 11) is 0. The zero-order valence-corrected chi connectivity index (χ0v) is 16.7. The fraction of sp³-hybridized carbons (Fsp3) is 0.652. The molecule has 1 N–H and O–H groups in total. The molecule has 2 aliphatic heterocycles. The smallest absolute Gasteiger partial charge is 0.308 e. The standard InChI is InChI=1S/C23H32N2O3/c26-21(19-9-5-2-6-10-19)25-13-11-23(12-14-25)17-24(16-20(23)22(27)28)15-18-7-3-1-4-8-18/h1,3-4,7-8,19-20H,2,5-6,9-17H2,(H,27,28). The van der Waals surface area contributed by atoms with Gasteiger partial charge in [-0.2, -0.15) is 0 Å². The molecule has 5 heteroatoms. The number of carboxylic acid groups (broad SMARTS) is 1. The van der Waals surface area contributed by atoms with Crippen LogP contribution in [-0.2, 0) is 16.1 Å². The maximum Gasteiger partial charge on any atom is 0.308 e. The number of carbonyl (C=O) groups excluding carboxylic acids is 1. The molecule has 1 aromatic rings. The molecule has 2 saturated heterocycles. The van der Waals surface area contributed by atoms with Crippen molar-refractivity contribution in [3.8, 4) is 0 Å². The second-order valence-corrected chi connectivity index (χ2v) is 9.07. The molecule has 1 aromatic carbocycles. The Kier molecular flexibility index (Phi) is 5.72. The van der Waals surface area contributed by atoms with Gasteiger partial charge in [0.25, 0.3) is 0 Å². The van der Waals surface area contributed by atoms with Crippen molar-refractivity contribution in [3.63, 3.8) is 0 Å². The number of carbonyl (C=O) groups is 2. The van der Waals surface area contributed by atoms with Crippen molar-refractivity contribution in [1.82, 2.24) is 9.80 Å². The molecule has 4 rings (SSSR count). The Morgan fingerprint density at radius 1 is 1.04 bits per heavy atom. The fourth-order valence-corrected chi connectivity index (χ4v) is 5.66. The van der Waals surface area contributed by atoms with Gasteiger partial charge in [-0.15, -0.1) is 0 Å². The van der Waals surface area contributed by atoms with Crippen LogP contribution in [0.4, 0.5) is 0 Å². The summed E-state index contributed by atoms with van der Waals surface area (Å²) in [6.07, 6.45) is 7.28. The molecule has 5 nitrogen and oxygen atoms in total. The van der Waals surface area contributed by atoms with E-state index in [9.17, 15) is 14.7 Å². The van der Waals surface area contributed by atoms with Crippen molar-refractivity contribution >= 4 is 11.9 Å². The van der Waals surface area contributed by atoms with Crippen molar-refractivity contribution in [1.29, 1.82) is 0 Å². The zero-order chi connectivity index (χ0) is 19.6. The fourth-order valence-electron chi connectivity index (χ4n) is 5.66. The normalized spacial score (nSPS) is 25.9. The number of aliphatic carboxylic acids is 1. The molecule has 1 aliphatic carbocycles. The Balaban J connectivity index is 1.40. The van der Waals surface area contributed by atoms with E-state index in [0.717, 1.165) is 51.9 Å². The average molecular weight is 385 g/mol. The lowest BCUT2D eigenvalue weighted by molar-refractivity contribution is -0.147. The molecule has 1 spiro atoms. The van der Waals surface area contributed by atoms with Gasteiger partial charge in [-0.25, -0.2) is 0 Å². The van der Waals surface area contributed by atoms with Crippen LogP contribution in [-0.4, -0.2) is 53.0 Å². The van der Waals surface area contributed by atoms with Gasteiger partial charge < -0.3 is 10.0 Å². The van der Waals surface area contributed by atoms with E-state index in [-0.39, 0.29) is 17.3 Å². The highest BCUT2D eigenvalue weighted by Gasteiger charge is 2.51. The third-order valence-corrected chi connectivity index (χ3v) is 7.29. The summed E-state index contributed by atoms with van der Waals surface area (Å²) < 4.78 is 0. The highest BCUT2D eigenvalue weighted by atomic mass is 16.4. The van der Waals surface area contributed by atoms with E-state index in [1.54, 1.807) is 0 Å². The van der Waals surface area contributed by atoms with Crippen LogP contribution in [0.1, 0.15) is 50.5 Å². The van der Waals surface area contributed by atoms with E-state index in [2.05, 4.69) is 17.0 Å². The van der Waals surface area contributed by atoms with Gasteiger partial charge in [0.15, 0.2) is 0 Å². The number of benzene rings is 1. The van der Waals surface area contributed by atoms with E-state index >= 15 is 0 Å². The maximum absolute atomic E-state index is 12.9. The lowest BCUT2D eigenvalue weighted by atomic mass is 9.70. The molecule has 28 heavy (non-hydrogen) atoms. The maximum atomic E-state index is 12.9. The third-order valence-electron chi connectivity index (χ3n) is 7.29. The van der Waals surface area contributed by atoms with Crippen LogP contribution in [0.15, 0.2) is 30.3 Å². The lowest BCUT2D eigenvalue weighted by Crippen LogP contribution is -2.49. The molecule has 1 unspecified atom stereocenters. The molecule has 152 valence electrons. The minimum Gasteiger partial charge on any atom is -0.481 e. The number of carboxylic acids is 1. The first-order valence-electron chi connectivity index (χ1n) is 10.9. The van der Waals surface area contributed by atoms with Gasteiger partial charge in [-0.1, -0.05) is 49.6 Å². The summed E-state index contributed by atoms with van der Waals surface area (Å²) in [5.74, 6) is -0.484. The molecule has 3 fully saturated rings. The summed E-state index contributed by atoms with van der Waals surface area (Å²) in [6, 6.07) is 10.3. The Bertz CT molecular complexity index is 691. The number of amides is 1. The number of hydrogen-bond donors (Lipinski definition) is 1. The predicted molar refractivity (Wildman–Crippen MR) is 108 cm³/mol. The molecule has 2 heterocycles. The first-order valence-corrected chi connectivity index (χ1v) is 10.9. The largest absolute Gasteiger partial charge is 0.481 e. The Labute approximate surface area is 167 Å². The minimum absolute atomic E-state index is 0.191. The van der Waals surface area contributed by atoms with Crippen molar-refractivity contribution < 1.29 is 14.7 Å². The summed E-state index contributed by atoms with van der Waals surface area (Å²) in [6.45, 7) is 3.68. The molecular weight excluding hydrogens is 352 g/mol. The van der Waals surface area contributed by atoms with Crippen LogP contribution in [0.3, 0.4) is 0 Å². The van der Waals surface area contributed by atoms with E-state index < -0.39 is 5.97 Å². The van der Waals surface area contributed by atoms with Crippen LogP contribution in [0.25, 0.3) is 0 Å². The first-order chi connectivity index (χ1) is 13.6. The monoisotopic (exact) mass is 384 g/mol. The van der Waals surface area contributed by atoms with Gasteiger partial charge in [0.2, 0.25) is 5.91 Å². The van der Waals surface area contributed by atoms with E-state index in [4.69, 9.17) is 0 Å². The molecule has 1 atom stereocenters. The van der Waals surface area contributed by atoms with Crippen LogP contribution < -0.4 is 0 Å². The first kappa shape index (κ1) is 19.4. The number of hydrogen-bond acceptors (Lipinski definition) is 3. The highest BCUT2D eigenvalue weighted by molar-refractivity contribution is 5.79. The molecular formula is C23H32N2O3. The van der Waals surface area contributed by atoms with E-state index in [0.29, 0.717) is 12.5 Å².